The van der Waals surface area contributed by atoms with E-state index < -0.39 is 0 Å². The highest BCUT2D eigenvalue weighted by Crippen LogP contribution is 2.22. The summed E-state index contributed by atoms with van der Waals surface area (Å²) in [5, 5.41) is 3.49. The normalized spacial score (nSPS) is 12.1. The molecule has 0 aromatic carbocycles. The smallest absolute Gasteiger partial charge is 0.0723 e. The molecule has 0 bridgehead atoms. The van der Waals surface area contributed by atoms with Gasteiger partial charge in [0.15, 0.2) is 0 Å². The van der Waals surface area contributed by atoms with Crippen LogP contribution in [0.5, 0.6) is 0 Å². The van der Waals surface area contributed by atoms with E-state index in [-0.39, 0.29) is 5.54 Å². The SMILES string of the molecule is COCc1cc(CNC(C)(C)C)sc1C. The number of hydrogen-bond acceptors (Lipinski definition) is 3. The molecule has 0 aliphatic heterocycles. The Kier molecular flexibility index (Phi) is 4.32. The molecule has 0 fully saturated rings. The van der Waals surface area contributed by atoms with Crippen molar-refractivity contribution in [1.82, 2.24) is 5.32 Å². The second-order valence-electron chi connectivity index (χ2n) is 4.83. The summed E-state index contributed by atoms with van der Waals surface area (Å²) in [7, 11) is 1.74. The van der Waals surface area contributed by atoms with Crippen LogP contribution in [-0.4, -0.2) is 12.6 Å². The molecule has 0 radical (unpaired) electrons. The molecule has 0 spiro atoms. The van der Waals surface area contributed by atoms with Crippen LogP contribution in [-0.2, 0) is 17.9 Å². The number of nitrogens with one attached hydrogen (secondary N) is 1. The summed E-state index contributed by atoms with van der Waals surface area (Å²) < 4.78 is 5.15. The predicted octanol–water partition coefficient (Wildman–Crippen LogP) is 3.09. The fourth-order valence-corrected chi connectivity index (χ4v) is 2.31. The Hall–Kier alpha value is -0.380. The topological polar surface area (TPSA) is 21.3 Å². The van der Waals surface area contributed by atoms with Crippen LogP contribution in [0.25, 0.3) is 0 Å². The average Bonchev–Trinajstić information content (AvgIpc) is 2.44. The van der Waals surface area contributed by atoms with Gasteiger partial charge < -0.3 is 10.1 Å². The van der Waals surface area contributed by atoms with E-state index in [2.05, 4.69) is 39.1 Å². The Morgan fingerprint density at radius 2 is 2.07 bits per heavy atom. The Balaban J connectivity index is 2.59. The molecule has 2 nitrogen and oxygen atoms in total. The predicted molar refractivity (Wildman–Crippen MR) is 66.4 cm³/mol. The lowest BCUT2D eigenvalue weighted by molar-refractivity contribution is 0.184. The maximum absolute atomic E-state index is 5.15. The van der Waals surface area contributed by atoms with Gasteiger partial charge in [-0.3, -0.25) is 0 Å². The van der Waals surface area contributed by atoms with Crippen molar-refractivity contribution in [3.63, 3.8) is 0 Å². The lowest BCUT2D eigenvalue weighted by Crippen LogP contribution is -2.34. The van der Waals surface area contributed by atoms with Crippen LogP contribution in [0.4, 0.5) is 0 Å². The van der Waals surface area contributed by atoms with Crippen LogP contribution in [0.1, 0.15) is 36.1 Å². The zero-order valence-electron chi connectivity index (χ0n) is 10.3. The Morgan fingerprint density at radius 1 is 1.40 bits per heavy atom. The van der Waals surface area contributed by atoms with Gasteiger partial charge in [0.25, 0.3) is 0 Å². The second kappa shape index (κ2) is 5.10. The van der Waals surface area contributed by atoms with Crippen LogP contribution in [0.15, 0.2) is 6.07 Å². The summed E-state index contributed by atoms with van der Waals surface area (Å²) >= 11 is 1.85. The molecule has 1 N–H and O–H groups in total. The molecule has 0 aliphatic rings. The van der Waals surface area contributed by atoms with Crippen molar-refractivity contribution >= 4 is 11.3 Å². The van der Waals surface area contributed by atoms with Gasteiger partial charge in [0, 0.05) is 28.9 Å². The lowest BCUT2D eigenvalue weighted by Gasteiger charge is -2.19. The maximum atomic E-state index is 5.15. The number of thiophene rings is 1. The van der Waals surface area contributed by atoms with Gasteiger partial charge in [-0.15, -0.1) is 11.3 Å². The number of methoxy groups -OCH3 is 1. The van der Waals surface area contributed by atoms with Crippen molar-refractivity contribution in [3.05, 3.63) is 21.4 Å². The molecule has 1 rings (SSSR count). The van der Waals surface area contributed by atoms with Crippen LogP contribution >= 0.6 is 11.3 Å². The quantitative estimate of drug-likeness (QED) is 0.853. The first kappa shape index (κ1) is 12.7. The third kappa shape index (κ3) is 4.33. The molecule has 3 heteroatoms. The maximum Gasteiger partial charge on any atom is 0.0723 e. The van der Waals surface area contributed by atoms with Gasteiger partial charge in [-0.1, -0.05) is 0 Å². The number of aryl methyl sites for hydroxylation is 1. The molecule has 1 aromatic heterocycles. The van der Waals surface area contributed by atoms with Gasteiger partial charge >= 0.3 is 0 Å². The monoisotopic (exact) mass is 227 g/mol. The Bertz CT molecular complexity index is 312. The van der Waals surface area contributed by atoms with Gasteiger partial charge in [0.2, 0.25) is 0 Å². The Morgan fingerprint density at radius 3 is 2.60 bits per heavy atom. The van der Waals surface area contributed by atoms with Crippen molar-refractivity contribution in [2.24, 2.45) is 0 Å². The minimum atomic E-state index is 0.180. The summed E-state index contributed by atoms with van der Waals surface area (Å²) in [4.78, 5) is 2.75. The number of rotatable bonds is 4. The highest BCUT2D eigenvalue weighted by molar-refractivity contribution is 7.12. The van der Waals surface area contributed by atoms with Crippen molar-refractivity contribution in [2.45, 2.75) is 46.4 Å². The van der Waals surface area contributed by atoms with Gasteiger partial charge in [0.1, 0.15) is 0 Å². The molecule has 0 saturated carbocycles. The molecule has 0 unspecified atom stereocenters. The molecule has 0 saturated heterocycles. The van der Waals surface area contributed by atoms with E-state index >= 15 is 0 Å². The first-order valence-electron chi connectivity index (χ1n) is 5.24. The van der Waals surface area contributed by atoms with Crippen LogP contribution in [0.3, 0.4) is 0 Å². The minimum absolute atomic E-state index is 0.180. The molecule has 86 valence electrons. The molecule has 15 heavy (non-hydrogen) atoms. The third-order valence-electron chi connectivity index (χ3n) is 2.16. The van der Waals surface area contributed by atoms with E-state index in [1.165, 1.54) is 15.3 Å². The standard InChI is InChI=1S/C12H21NOS/c1-9-10(8-14-5)6-11(15-9)7-13-12(2,3)4/h6,13H,7-8H2,1-5H3. The first-order valence-corrected chi connectivity index (χ1v) is 6.06. The largest absolute Gasteiger partial charge is 0.380 e. The van der Waals surface area contributed by atoms with E-state index in [4.69, 9.17) is 4.74 Å². The first-order chi connectivity index (χ1) is 6.92. The van der Waals surface area contributed by atoms with Crippen molar-refractivity contribution in [2.75, 3.05) is 7.11 Å². The van der Waals surface area contributed by atoms with E-state index in [9.17, 15) is 0 Å². The summed E-state index contributed by atoms with van der Waals surface area (Å²) in [6.45, 7) is 10.4. The minimum Gasteiger partial charge on any atom is -0.380 e. The van der Waals surface area contributed by atoms with Crippen LogP contribution in [0, 0.1) is 6.92 Å². The lowest BCUT2D eigenvalue weighted by atomic mass is 10.1. The number of ether oxygens (including phenoxy) is 1. The second-order valence-corrected chi connectivity index (χ2v) is 6.17. The molecule has 0 amide bonds. The Labute approximate surface area is 96.7 Å². The van der Waals surface area contributed by atoms with Gasteiger partial charge in [0.05, 0.1) is 6.61 Å². The third-order valence-corrected chi connectivity index (χ3v) is 3.26. The molecule has 1 heterocycles. The zero-order chi connectivity index (χ0) is 11.5. The van der Waals surface area contributed by atoms with Gasteiger partial charge in [-0.2, -0.15) is 0 Å². The molecule has 1 aromatic rings. The van der Waals surface area contributed by atoms with E-state index in [0.29, 0.717) is 0 Å². The summed E-state index contributed by atoms with van der Waals surface area (Å²) in [6, 6.07) is 2.24. The van der Waals surface area contributed by atoms with E-state index in [1.54, 1.807) is 7.11 Å². The van der Waals surface area contributed by atoms with E-state index in [0.717, 1.165) is 13.2 Å². The summed E-state index contributed by atoms with van der Waals surface area (Å²) in [6.07, 6.45) is 0. The molecule has 0 aliphatic carbocycles. The highest BCUT2D eigenvalue weighted by atomic mass is 32.1. The van der Waals surface area contributed by atoms with Crippen molar-refractivity contribution in [1.29, 1.82) is 0 Å². The zero-order valence-corrected chi connectivity index (χ0v) is 11.1. The van der Waals surface area contributed by atoms with Crippen molar-refractivity contribution < 1.29 is 4.74 Å². The number of hydrogen-bond donors (Lipinski definition) is 1. The fraction of sp³-hybridized carbons (Fsp3) is 0.667. The summed E-state index contributed by atoms with van der Waals surface area (Å²) in [5.41, 5.74) is 1.49. The average molecular weight is 227 g/mol. The van der Waals surface area contributed by atoms with Crippen LogP contribution < -0.4 is 5.32 Å². The van der Waals surface area contributed by atoms with Crippen LogP contribution in [0.2, 0.25) is 0 Å². The van der Waals surface area contributed by atoms with Crippen molar-refractivity contribution in [3.8, 4) is 0 Å². The summed E-state index contributed by atoms with van der Waals surface area (Å²) in [5.74, 6) is 0. The van der Waals surface area contributed by atoms with Gasteiger partial charge in [-0.05, 0) is 39.3 Å². The molecular formula is C12H21NOS. The van der Waals surface area contributed by atoms with E-state index in [1.807, 2.05) is 11.3 Å². The van der Waals surface area contributed by atoms with Gasteiger partial charge in [-0.25, -0.2) is 0 Å². The fourth-order valence-electron chi connectivity index (χ4n) is 1.33. The molecular weight excluding hydrogens is 206 g/mol. The highest BCUT2D eigenvalue weighted by Gasteiger charge is 2.10. The molecule has 0 atom stereocenters.